The first kappa shape index (κ1) is 14.5. The number of methoxy groups -OCH3 is 1. The Morgan fingerprint density at radius 2 is 2.30 bits per heavy atom. The molecule has 0 radical (unpaired) electrons. The van der Waals surface area contributed by atoms with Gasteiger partial charge in [0.25, 0.3) is 0 Å². The van der Waals surface area contributed by atoms with Crippen LogP contribution in [0.25, 0.3) is 11.0 Å². The Labute approximate surface area is 121 Å². The Morgan fingerprint density at radius 3 is 2.90 bits per heavy atom. The molecule has 2 aromatic rings. The van der Waals surface area contributed by atoms with Crippen LogP contribution in [0.1, 0.15) is 18.1 Å². The number of hydrogen-bond acceptors (Lipinski definition) is 4. The van der Waals surface area contributed by atoms with Gasteiger partial charge in [-0.2, -0.15) is 0 Å². The van der Waals surface area contributed by atoms with Crippen molar-refractivity contribution >= 4 is 28.7 Å². The van der Waals surface area contributed by atoms with E-state index in [1.54, 1.807) is 7.11 Å². The molecule has 1 atom stereocenters. The SMILES string of the molecule is COc1cccc2c1nc(C(C)Cl)n2CCOC(N)=O. The minimum atomic E-state index is -0.799. The summed E-state index contributed by atoms with van der Waals surface area (Å²) in [6, 6.07) is 5.62. The summed E-state index contributed by atoms with van der Waals surface area (Å²) < 4.78 is 12.0. The molecule has 1 amide bonds. The molecule has 7 heteroatoms. The number of ether oxygens (including phenoxy) is 2. The van der Waals surface area contributed by atoms with Crippen molar-refractivity contribution < 1.29 is 14.3 Å². The van der Waals surface area contributed by atoms with Gasteiger partial charge in [0.2, 0.25) is 0 Å². The van der Waals surface area contributed by atoms with Crippen LogP contribution in [0.3, 0.4) is 0 Å². The molecule has 0 aliphatic carbocycles. The Hall–Kier alpha value is -1.95. The van der Waals surface area contributed by atoms with Crippen LogP contribution < -0.4 is 10.5 Å². The van der Waals surface area contributed by atoms with Crippen LogP contribution in [0.4, 0.5) is 4.79 Å². The summed E-state index contributed by atoms with van der Waals surface area (Å²) in [4.78, 5) is 15.2. The number of alkyl halides is 1. The van der Waals surface area contributed by atoms with Crippen molar-refractivity contribution in [2.45, 2.75) is 18.8 Å². The molecule has 20 heavy (non-hydrogen) atoms. The summed E-state index contributed by atoms with van der Waals surface area (Å²) in [6.07, 6.45) is -0.799. The molecule has 0 aliphatic heterocycles. The fourth-order valence-corrected chi connectivity index (χ4v) is 2.25. The normalized spacial score (nSPS) is 12.3. The van der Waals surface area contributed by atoms with Gasteiger partial charge >= 0.3 is 6.09 Å². The van der Waals surface area contributed by atoms with E-state index in [1.807, 2.05) is 29.7 Å². The number of nitrogens with zero attached hydrogens (tertiary/aromatic N) is 2. The molecular weight excluding hydrogens is 282 g/mol. The van der Waals surface area contributed by atoms with E-state index in [0.29, 0.717) is 18.1 Å². The molecule has 0 bridgehead atoms. The number of carbonyl (C=O) groups excluding carboxylic acids is 1. The highest BCUT2D eigenvalue weighted by Crippen LogP contribution is 2.29. The number of rotatable bonds is 5. The second-order valence-corrected chi connectivity index (χ2v) is 4.89. The van der Waals surface area contributed by atoms with Crippen molar-refractivity contribution in [3.63, 3.8) is 0 Å². The molecule has 0 spiro atoms. The average molecular weight is 298 g/mol. The lowest BCUT2D eigenvalue weighted by molar-refractivity contribution is 0.152. The quantitative estimate of drug-likeness (QED) is 0.860. The summed E-state index contributed by atoms with van der Waals surface area (Å²) in [5, 5.41) is -0.277. The van der Waals surface area contributed by atoms with E-state index in [9.17, 15) is 4.79 Å². The number of imidazole rings is 1. The lowest BCUT2D eigenvalue weighted by atomic mass is 10.3. The van der Waals surface area contributed by atoms with Crippen molar-refractivity contribution in [2.24, 2.45) is 5.73 Å². The van der Waals surface area contributed by atoms with Crippen LogP contribution in [0.2, 0.25) is 0 Å². The van der Waals surface area contributed by atoms with E-state index in [-0.39, 0.29) is 12.0 Å². The highest BCUT2D eigenvalue weighted by Gasteiger charge is 2.17. The fraction of sp³-hybridized carbons (Fsp3) is 0.385. The predicted molar refractivity (Wildman–Crippen MR) is 76.1 cm³/mol. The van der Waals surface area contributed by atoms with Crippen LogP contribution in [-0.4, -0.2) is 29.4 Å². The maximum Gasteiger partial charge on any atom is 0.404 e. The number of fused-ring (bicyclic) bond motifs is 1. The first-order valence-corrected chi connectivity index (χ1v) is 6.57. The molecule has 1 unspecified atom stereocenters. The molecule has 0 fully saturated rings. The summed E-state index contributed by atoms with van der Waals surface area (Å²) in [6.45, 7) is 2.42. The minimum absolute atomic E-state index is 0.161. The first-order valence-electron chi connectivity index (χ1n) is 6.14. The van der Waals surface area contributed by atoms with E-state index in [0.717, 1.165) is 11.0 Å². The molecule has 1 heterocycles. The summed E-state index contributed by atoms with van der Waals surface area (Å²) in [5.74, 6) is 1.37. The van der Waals surface area contributed by atoms with Gasteiger partial charge < -0.3 is 19.8 Å². The summed E-state index contributed by atoms with van der Waals surface area (Å²) >= 11 is 6.16. The first-order chi connectivity index (χ1) is 9.54. The van der Waals surface area contributed by atoms with Crippen LogP contribution in [-0.2, 0) is 11.3 Å². The average Bonchev–Trinajstić information content (AvgIpc) is 2.77. The highest BCUT2D eigenvalue weighted by atomic mass is 35.5. The molecule has 0 saturated carbocycles. The number of primary amides is 1. The van der Waals surface area contributed by atoms with E-state index in [4.69, 9.17) is 26.8 Å². The molecule has 0 aliphatic rings. The summed E-state index contributed by atoms with van der Waals surface area (Å²) in [5.41, 5.74) is 6.56. The third-order valence-electron chi connectivity index (χ3n) is 2.91. The zero-order chi connectivity index (χ0) is 14.7. The Kier molecular flexibility index (Phi) is 4.34. The van der Waals surface area contributed by atoms with Gasteiger partial charge in [0.05, 0.1) is 24.5 Å². The molecule has 0 saturated heterocycles. The molecule has 6 nitrogen and oxygen atoms in total. The Balaban J connectivity index is 2.43. The number of benzene rings is 1. The van der Waals surface area contributed by atoms with Crippen molar-refractivity contribution in [1.29, 1.82) is 0 Å². The lowest BCUT2D eigenvalue weighted by Gasteiger charge is -2.10. The Morgan fingerprint density at radius 1 is 1.55 bits per heavy atom. The molecule has 108 valence electrons. The van der Waals surface area contributed by atoms with E-state index in [1.165, 1.54) is 0 Å². The highest BCUT2D eigenvalue weighted by molar-refractivity contribution is 6.20. The third kappa shape index (κ3) is 2.80. The second kappa shape index (κ2) is 6.00. The number of carbonyl (C=O) groups is 1. The predicted octanol–water partition coefficient (Wildman–Crippen LogP) is 2.44. The molecule has 1 aromatic carbocycles. The number of para-hydroxylation sites is 1. The van der Waals surface area contributed by atoms with Gasteiger partial charge in [0, 0.05) is 0 Å². The standard InChI is InChI=1S/C13H16ClN3O3/c1-8(14)12-16-11-9(4-3-5-10(11)19-2)17(12)6-7-20-13(15)18/h3-5,8H,6-7H2,1-2H3,(H2,15,18). The van der Waals surface area contributed by atoms with E-state index < -0.39 is 6.09 Å². The van der Waals surface area contributed by atoms with Crippen LogP contribution in [0, 0.1) is 0 Å². The van der Waals surface area contributed by atoms with Gasteiger partial charge in [0.1, 0.15) is 23.7 Å². The van der Waals surface area contributed by atoms with Crippen molar-refractivity contribution in [1.82, 2.24) is 9.55 Å². The van der Waals surface area contributed by atoms with Crippen LogP contribution in [0.15, 0.2) is 18.2 Å². The zero-order valence-corrected chi connectivity index (χ0v) is 12.1. The monoisotopic (exact) mass is 297 g/mol. The van der Waals surface area contributed by atoms with Crippen molar-refractivity contribution in [3.8, 4) is 5.75 Å². The van der Waals surface area contributed by atoms with Gasteiger partial charge in [-0.15, -0.1) is 11.6 Å². The number of hydrogen-bond donors (Lipinski definition) is 1. The smallest absolute Gasteiger partial charge is 0.404 e. The van der Waals surface area contributed by atoms with E-state index in [2.05, 4.69) is 4.98 Å². The zero-order valence-electron chi connectivity index (χ0n) is 11.3. The van der Waals surface area contributed by atoms with Gasteiger partial charge in [-0.25, -0.2) is 9.78 Å². The minimum Gasteiger partial charge on any atom is -0.494 e. The van der Waals surface area contributed by atoms with Crippen molar-refractivity contribution in [3.05, 3.63) is 24.0 Å². The fourth-order valence-electron chi connectivity index (χ4n) is 2.08. The topological polar surface area (TPSA) is 79.4 Å². The van der Waals surface area contributed by atoms with Crippen molar-refractivity contribution in [2.75, 3.05) is 13.7 Å². The molecular formula is C13H16ClN3O3. The number of aromatic nitrogens is 2. The summed E-state index contributed by atoms with van der Waals surface area (Å²) in [7, 11) is 1.59. The van der Waals surface area contributed by atoms with Crippen LogP contribution >= 0.6 is 11.6 Å². The second-order valence-electron chi connectivity index (χ2n) is 4.23. The molecule has 1 aromatic heterocycles. The van der Waals surface area contributed by atoms with Gasteiger partial charge in [-0.05, 0) is 19.1 Å². The van der Waals surface area contributed by atoms with Gasteiger partial charge in [-0.3, -0.25) is 0 Å². The number of nitrogens with two attached hydrogens (primary N) is 1. The van der Waals surface area contributed by atoms with Gasteiger partial charge in [-0.1, -0.05) is 6.07 Å². The Bertz CT molecular complexity index is 625. The number of amides is 1. The maximum absolute atomic E-state index is 10.6. The molecule has 2 N–H and O–H groups in total. The number of halogens is 1. The molecule has 2 rings (SSSR count). The van der Waals surface area contributed by atoms with Crippen LogP contribution in [0.5, 0.6) is 5.75 Å². The third-order valence-corrected chi connectivity index (χ3v) is 3.10. The maximum atomic E-state index is 10.6. The van der Waals surface area contributed by atoms with E-state index >= 15 is 0 Å². The largest absolute Gasteiger partial charge is 0.494 e. The van der Waals surface area contributed by atoms with Gasteiger partial charge in [0.15, 0.2) is 0 Å². The lowest BCUT2D eigenvalue weighted by Crippen LogP contribution is -2.17.